The van der Waals surface area contributed by atoms with Crippen LogP contribution >= 0.6 is 0 Å². The quantitative estimate of drug-likeness (QED) is 0.554. The van der Waals surface area contributed by atoms with Crippen molar-refractivity contribution in [3.63, 3.8) is 0 Å². The minimum absolute atomic E-state index is 0.0844. The molecular formula is C29H49NO2. The van der Waals surface area contributed by atoms with Crippen LogP contribution in [0.15, 0.2) is 0 Å². The number of carbonyl (C=O) groups is 1. The smallest absolute Gasteiger partial charge is 0.222 e. The van der Waals surface area contributed by atoms with Crippen LogP contribution in [0.1, 0.15) is 105 Å². The standard InChI is InChI=1S/C29H49NO2/c1-19-11-13-28(3)21(17-19)18-25(31)27-23-9-8-22(29(23,4)14-12-24(27)28)20(2)7-10-26(32)30-15-5-6-16-30/h19-25,27,31H,5-18H2,1-4H3/t19-,20-,21+,22-,23+,24+,25-,27+,28+,29-/m1/s1. The van der Waals surface area contributed by atoms with E-state index in [1.807, 2.05) is 0 Å². The predicted molar refractivity (Wildman–Crippen MR) is 130 cm³/mol. The summed E-state index contributed by atoms with van der Waals surface area (Å²) in [7, 11) is 0. The Morgan fingerprint density at radius 1 is 1.00 bits per heavy atom. The van der Waals surface area contributed by atoms with Crippen LogP contribution < -0.4 is 0 Å². The van der Waals surface area contributed by atoms with Crippen LogP contribution in [-0.2, 0) is 4.79 Å². The summed E-state index contributed by atoms with van der Waals surface area (Å²) in [5, 5.41) is 11.5. The van der Waals surface area contributed by atoms with Crippen LogP contribution in [0.2, 0.25) is 0 Å². The molecule has 0 radical (unpaired) electrons. The zero-order chi connectivity index (χ0) is 22.7. The lowest BCUT2D eigenvalue weighted by molar-refractivity contribution is -0.168. The van der Waals surface area contributed by atoms with Crippen LogP contribution in [0, 0.1) is 52.3 Å². The lowest BCUT2D eigenvalue weighted by Gasteiger charge is -2.62. The lowest BCUT2D eigenvalue weighted by atomic mass is 9.43. The molecule has 1 N–H and O–H groups in total. The highest BCUT2D eigenvalue weighted by molar-refractivity contribution is 5.76. The molecule has 10 atom stereocenters. The maximum absolute atomic E-state index is 12.6. The third kappa shape index (κ3) is 3.68. The van der Waals surface area contributed by atoms with Crippen LogP contribution in [0.4, 0.5) is 0 Å². The van der Waals surface area contributed by atoms with Crippen molar-refractivity contribution >= 4 is 5.91 Å². The van der Waals surface area contributed by atoms with E-state index in [0.717, 1.165) is 56.0 Å². The molecule has 5 rings (SSSR count). The van der Waals surface area contributed by atoms with Crippen molar-refractivity contribution in [2.45, 2.75) is 111 Å². The first-order valence-electron chi connectivity index (χ1n) is 14.2. The van der Waals surface area contributed by atoms with E-state index in [2.05, 4.69) is 32.6 Å². The van der Waals surface area contributed by atoms with Crippen LogP contribution in [0.25, 0.3) is 0 Å². The highest BCUT2D eigenvalue weighted by atomic mass is 16.3. The Morgan fingerprint density at radius 2 is 1.69 bits per heavy atom. The molecule has 0 unspecified atom stereocenters. The Kier molecular flexibility index (Phi) is 6.22. The maximum atomic E-state index is 12.6. The molecule has 32 heavy (non-hydrogen) atoms. The summed E-state index contributed by atoms with van der Waals surface area (Å²) in [5.74, 6) is 5.25. The summed E-state index contributed by atoms with van der Waals surface area (Å²) < 4.78 is 0. The van der Waals surface area contributed by atoms with Crippen molar-refractivity contribution in [3.05, 3.63) is 0 Å². The predicted octanol–water partition coefficient (Wildman–Crippen LogP) is 6.29. The molecule has 0 bridgehead atoms. The molecule has 3 heteroatoms. The number of rotatable bonds is 4. The van der Waals surface area contributed by atoms with Crippen molar-refractivity contribution in [1.29, 1.82) is 0 Å². The van der Waals surface area contributed by atoms with Gasteiger partial charge in [-0.1, -0.05) is 34.1 Å². The van der Waals surface area contributed by atoms with E-state index in [1.54, 1.807) is 0 Å². The number of amides is 1. The maximum Gasteiger partial charge on any atom is 0.222 e. The Balaban J connectivity index is 1.28. The minimum Gasteiger partial charge on any atom is -0.393 e. The van der Waals surface area contributed by atoms with Gasteiger partial charge in [0.15, 0.2) is 0 Å². The molecule has 1 aliphatic heterocycles. The molecule has 1 heterocycles. The molecule has 0 aromatic rings. The van der Waals surface area contributed by atoms with Crippen molar-refractivity contribution in [1.82, 2.24) is 4.90 Å². The number of aliphatic hydroxyl groups is 1. The Labute approximate surface area is 197 Å². The second-order valence-corrected chi connectivity index (χ2v) is 13.5. The summed E-state index contributed by atoms with van der Waals surface area (Å²) in [6.45, 7) is 12.0. The van der Waals surface area contributed by atoms with Gasteiger partial charge in [-0.05, 0) is 116 Å². The normalized spacial score (nSPS) is 49.3. The number of hydrogen-bond donors (Lipinski definition) is 1. The van der Waals surface area contributed by atoms with Crippen molar-refractivity contribution in [3.8, 4) is 0 Å². The second-order valence-electron chi connectivity index (χ2n) is 13.5. The van der Waals surface area contributed by atoms with Gasteiger partial charge in [0.25, 0.3) is 0 Å². The summed E-state index contributed by atoms with van der Waals surface area (Å²) in [5.41, 5.74) is 0.826. The largest absolute Gasteiger partial charge is 0.393 e. The molecule has 4 saturated carbocycles. The molecule has 1 amide bonds. The zero-order valence-corrected chi connectivity index (χ0v) is 21.3. The van der Waals surface area contributed by atoms with Gasteiger partial charge in [0.05, 0.1) is 6.10 Å². The first kappa shape index (κ1) is 23.2. The van der Waals surface area contributed by atoms with E-state index in [-0.39, 0.29) is 6.10 Å². The fraction of sp³-hybridized carbons (Fsp3) is 0.966. The average molecular weight is 444 g/mol. The van der Waals surface area contributed by atoms with Gasteiger partial charge in [-0.25, -0.2) is 0 Å². The Bertz CT molecular complexity index is 701. The summed E-state index contributed by atoms with van der Waals surface area (Å²) >= 11 is 0. The Hall–Kier alpha value is -0.570. The molecular weight excluding hydrogens is 394 g/mol. The number of carbonyl (C=O) groups excluding carboxylic acids is 1. The van der Waals surface area contributed by atoms with Gasteiger partial charge in [-0.15, -0.1) is 0 Å². The SMILES string of the molecule is C[C@@H]1CC[C@@]2(C)[C@@H](C1)C[C@@H](O)[C@@H]1[C@@H]2CC[C@]2(C)[C@@H]([C@H](C)CCC(=O)N3CCCC3)CC[C@@H]12. The number of hydrogen-bond acceptors (Lipinski definition) is 2. The molecule has 1 saturated heterocycles. The van der Waals surface area contributed by atoms with E-state index >= 15 is 0 Å². The monoisotopic (exact) mass is 443 g/mol. The fourth-order valence-electron chi connectivity index (χ4n) is 10.1. The van der Waals surface area contributed by atoms with Crippen LogP contribution in [0.3, 0.4) is 0 Å². The molecule has 182 valence electrons. The van der Waals surface area contributed by atoms with E-state index in [0.29, 0.717) is 34.5 Å². The molecule has 5 aliphatic rings. The molecule has 0 spiro atoms. The van der Waals surface area contributed by atoms with E-state index in [9.17, 15) is 9.90 Å². The van der Waals surface area contributed by atoms with E-state index < -0.39 is 0 Å². The first-order valence-corrected chi connectivity index (χ1v) is 14.2. The number of likely N-dealkylation sites (tertiary alicyclic amines) is 1. The van der Waals surface area contributed by atoms with Crippen LogP contribution in [0.5, 0.6) is 0 Å². The lowest BCUT2D eigenvalue weighted by Crippen LogP contribution is -2.58. The third-order valence-corrected chi connectivity index (χ3v) is 12.0. The molecule has 0 aromatic carbocycles. The molecule has 0 aromatic heterocycles. The van der Waals surface area contributed by atoms with Gasteiger partial charge < -0.3 is 10.0 Å². The number of fused-ring (bicyclic) bond motifs is 5. The number of aliphatic hydroxyl groups excluding tert-OH is 1. The number of nitrogens with zero attached hydrogens (tertiary/aromatic N) is 1. The van der Waals surface area contributed by atoms with Gasteiger partial charge in [-0.2, -0.15) is 0 Å². The van der Waals surface area contributed by atoms with Gasteiger partial charge in [-0.3, -0.25) is 4.79 Å². The van der Waals surface area contributed by atoms with Gasteiger partial charge in [0.1, 0.15) is 0 Å². The van der Waals surface area contributed by atoms with Gasteiger partial charge in [0.2, 0.25) is 5.91 Å². The fourth-order valence-corrected chi connectivity index (χ4v) is 10.1. The van der Waals surface area contributed by atoms with E-state index in [1.165, 1.54) is 57.8 Å². The molecule has 4 aliphatic carbocycles. The van der Waals surface area contributed by atoms with Crippen molar-refractivity contribution in [2.24, 2.45) is 52.3 Å². The van der Waals surface area contributed by atoms with Crippen molar-refractivity contribution < 1.29 is 9.90 Å². The summed E-state index contributed by atoms with van der Waals surface area (Å²) in [6.07, 6.45) is 14.5. The Morgan fingerprint density at radius 3 is 2.44 bits per heavy atom. The highest BCUT2D eigenvalue weighted by Crippen LogP contribution is 2.68. The second kappa shape index (κ2) is 8.58. The zero-order valence-electron chi connectivity index (χ0n) is 21.3. The summed E-state index contributed by atoms with van der Waals surface area (Å²) in [6, 6.07) is 0. The highest BCUT2D eigenvalue weighted by Gasteiger charge is 2.62. The van der Waals surface area contributed by atoms with Gasteiger partial charge in [0, 0.05) is 19.5 Å². The third-order valence-electron chi connectivity index (χ3n) is 12.0. The molecule has 3 nitrogen and oxygen atoms in total. The average Bonchev–Trinajstić information content (AvgIpc) is 3.41. The van der Waals surface area contributed by atoms with Crippen LogP contribution in [-0.4, -0.2) is 35.1 Å². The van der Waals surface area contributed by atoms with Gasteiger partial charge >= 0.3 is 0 Å². The molecule has 5 fully saturated rings. The summed E-state index contributed by atoms with van der Waals surface area (Å²) in [4.78, 5) is 14.7. The minimum atomic E-state index is -0.0844. The first-order chi connectivity index (χ1) is 15.2. The van der Waals surface area contributed by atoms with E-state index in [4.69, 9.17) is 0 Å². The van der Waals surface area contributed by atoms with Crippen molar-refractivity contribution in [2.75, 3.05) is 13.1 Å². The topological polar surface area (TPSA) is 40.5 Å².